The highest BCUT2D eigenvalue weighted by Gasteiger charge is 2.30. The third-order valence-electron chi connectivity index (χ3n) is 5.08. The first-order valence-electron chi connectivity index (χ1n) is 9.67. The van der Waals surface area contributed by atoms with E-state index in [1.807, 2.05) is 36.1 Å². The zero-order valence-electron chi connectivity index (χ0n) is 16.2. The van der Waals surface area contributed by atoms with E-state index < -0.39 is 0 Å². The second-order valence-corrected chi connectivity index (χ2v) is 7.11. The summed E-state index contributed by atoms with van der Waals surface area (Å²) >= 11 is 0. The average molecular weight is 389 g/mol. The molecule has 2 amide bonds. The van der Waals surface area contributed by atoms with Gasteiger partial charge in [-0.25, -0.2) is 0 Å². The van der Waals surface area contributed by atoms with Crippen LogP contribution in [0.5, 0.6) is 0 Å². The van der Waals surface area contributed by atoms with Gasteiger partial charge in [-0.15, -0.1) is 0 Å². The zero-order valence-corrected chi connectivity index (χ0v) is 16.2. The number of hydrogen-bond acceptors (Lipinski definition) is 4. The van der Waals surface area contributed by atoms with Gasteiger partial charge in [0.2, 0.25) is 5.91 Å². The summed E-state index contributed by atoms with van der Waals surface area (Å²) in [7, 11) is 0. The van der Waals surface area contributed by atoms with E-state index in [2.05, 4.69) is 16.7 Å². The van der Waals surface area contributed by atoms with Crippen molar-refractivity contribution in [2.24, 2.45) is 0 Å². The second-order valence-electron chi connectivity index (χ2n) is 7.11. The molecule has 0 spiro atoms. The molecule has 0 aliphatic carbocycles. The summed E-state index contributed by atoms with van der Waals surface area (Å²) in [6, 6.07) is 18.9. The number of amides is 2. The minimum absolute atomic E-state index is 0.0201. The first kappa shape index (κ1) is 18.8. The summed E-state index contributed by atoms with van der Waals surface area (Å²) < 4.78 is 5.24. The Kier molecular flexibility index (Phi) is 5.33. The lowest BCUT2D eigenvalue weighted by Crippen LogP contribution is -2.39. The molecule has 3 aromatic rings. The highest BCUT2D eigenvalue weighted by atomic mass is 16.3. The Labute approximate surface area is 169 Å². The van der Waals surface area contributed by atoms with Crippen LogP contribution < -0.4 is 15.5 Å². The fourth-order valence-electron chi connectivity index (χ4n) is 3.71. The summed E-state index contributed by atoms with van der Waals surface area (Å²) in [6.07, 6.45) is 2.42. The van der Waals surface area contributed by atoms with Gasteiger partial charge in [0.15, 0.2) is 0 Å². The SMILES string of the molecule is C[C@H]1Cc2ccccc2N1C(=O)CNc1ccccc1C(=O)NCc1ccco1. The molecule has 148 valence electrons. The van der Waals surface area contributed by atoms with E-state index in [0.29, 0.717) is 23.6 Å². The minimum Gasteiger partial charge on any atom is -0.467 e. The molecular weight excluding hydrogens is 366 g/mol. The minimum atomic E-state index is -0.225. The Morgan fingerprint density at radius 1 is 1.07 bits per heavy atom. The number of anilines is 2. The van der Waals surface area contributed by atoms with Crippen molar-refractivity contribution < 1.29 is 14.0 Å². The van der Waals surface area contributed by atoms with Crippen molar-refractivity contribution in [1.82, 2.24) is 5.32 Å². The molecule has 0 fully saturated rings. The van der Waals surface area contributed by atoms with Gasteiger partial charge in [-0.05, 0) is 49.2 Å². The Hall–Kier alpha value is -3.54. The molecule has 2 heterocycles. The molecule has 0 radical (unpaired) electrons. The molecule has 0 saturated heterocycles. The smallest absolute Gasteiger partial charge is 0.253 e. The van der Waals surface area contributed by atoms with Crippen LogP contribution in [0.25, 0.3) is 0 Å². The van der Waals surface area contributed by atoms with Crippen molar-refractivity contribution in [1.29, 1.82) is 0 Å². The largest absolute Gasteiger partial charge is 0.467 e. The van der Waals surface area contributed by atoms with Crippen molar-refractivity contribution >= 4 is 23.2 Å². The fourth-order valence-corrected chi connectivity index (χ4v) is 3.71. The van der Waals surface area contributed by atoms with Gasteiger partial charge >= 0.3 is 0 Å². The van der Waals surface area contributed by atoms with Crippen LogP contribution in [-0.4, -0.2) is 24.4 Å². The standard InChI is InChI=1S/C23H23N3O3/c1-16-13-17-7-2-5-11-21(17)26(16)22(27)15-24-20-10-4-3-9-19(20)23(28)25-14-18-8-6-12-29-18/h2-12,16,24H,13-15H2,1H3,(H,25,28)/t16-/m0/s1. The molecule has 2 N–H and O–H groups in total. The van der Waals surface area contributed by atoms with Crippen LogP contribution >= 0.6 is 0 Å². The topological polar surface area (TPSA) is 74.6 Å². The van der Waals surface area contributed by atoms with Gasteiger partial charge in [-0.2, -0.15) is 0 Å². The van der Waals surface area contributed by atoms with E-state index in [1.165, 1.54) is 5.56 Å². The Morgan fingerprint density at radius 2 is 1.86 bits per heavy atom. The fraction of sp³-hybridized carbons (Fsp3) is 0.217. The number of nitrogens with zero attached hydrogens (tertiary/aromatic N) is 1. The molecule has 1 aliphatic heterocycles. The molecule has 1 aliphatic rings. The number of benzene rings is 2. The van der Waals surface area contributed by atoms with E-state index in [4.69, 9.17) is 4.42 Å². The number of nitrogens with one attached hydrogen (secondary N) is 2. The van der Waals surface area contributed by atoms with Crippen LogP contribution in [-0.2, 0) is 17.8 Å². The van der Waals surface area contributed by atoms with Crippen molar-refractivity contribution in [2.45, 2.75) is 25.9 Å². The maximum absolute atomic E-state index is 12.9. The van der Waals surface area contributed by atoms with E-state index >= 15 is 0 Å². The predicted octanol–water partition coefficient (Wildman–Crippen LogP) is 3.60. The summed E-state index contributed by atoms with van der Waals surface area (Å²) in [4.78, 5) is 27.3. The third kappa shape index (κ3) is 4.01. The Bertz CT molecular complexity index is 1010. The van der Waals surface area contributed by atoms with Crippen LogP contribution in [0, 0.1) is 0 Å². The lowest BCUT2D eigenvalue weighted by atomic mass is 10.1. The Balaban J connectivity index is 1.42. The van der Waals surface area contributed by atoms with Crippen LogP contribution in [0.15, 0.2) is 71.3 Å². The summed E-state index contributed by atoms with van der Waals surface area (Å²) in [5, 5.41) is 5.98. The van der Waals surface area contributed by atoms with Crippen molar-refractivity contribution in [3.63, 3.8) is 0 Å². The molecule has 1 atom stereocenters. The molecule has 29 heavy (non-hydrogen) atoms. The molecule has 6 heteroatoms. The number of rotatable bonds is 6. The molecule has 6 nitrogen and oxygen atoms in total. The summed E-state index contributed by atoms with van der Waals surface area (Å²) in [5.41, 5.74) is 3.27. The van der Waals surface area contributed by atoms with E-state index in [0.717, 1.165) is 12.1 Å². The number of carbonyl (C=O) groups is 2. The maximum atomic E-state index is 12.9. The normalized spacial score (nSPS) is 15.1. The van der Waals surface area contributed by atoms with Gasteiger partial charge < -0.3 is 20.0 Å². The van der Waals surface area contributed by atoms with Crippen molar-refractivity contribution in [3.8, 4) is 0 Å². The first-order chi connectivity index (χ1) is 14.1. The van der Waals surface area contributed by atoms with Crippen LogP contribution in [0.3, 0.4) is 0 Å². The molecule has 0 unspecified atom stereocenters. The molecule has 0 saturated carbocycles. The average Bonchev–Trinajstić information content (AvgIpc) is 3.37. The van der Waals surface area contributed by atoms with Crippen LogP contribution in [0.1, 0.15) is 28.6 Å². The lowest BCUT2D eigenvalue weighted by Gasteiger charge is -2.23. The van der Waals surface area contributed by atoms with Gasteiger partial charge in [0.1, 0.15) is 5.76 Å². The van der Waals surface area contributed by atoms with Gasteiger partial charge in [0, 0.05) is 17.4 Å². The number of fused-ring (bicyclic) bond motifs is 1. The zero-order chi connectivity index (χ0) is 20.2. The van der Waals surface area contributed by atoms with Crippen molar-refractivity contribution in [3.05, 3.63) is 83.8 Å². The second kappa shape index (κ2) is 8.22. The molecule has 2 aromatic carbocycles. The predicted molar refractivity (Wildman–Crippen MR) is 112 cm³/mol. The number of hydrogen-bond donors (Lipinski definition) is 2. The third-order valence-corrected chi connectivity index (χ3v) is 5.08. The highest BCUT2D eigenvalue weighted by Crippen LogP contribution is 2.31. The monoisotopic (exact) mass is 389 g/mol. The molecular formula is C23H23N3O3. The Morgan fingerprint density at radius 3 is 2.69 bits per heavy atom. The summed E-state index contributed by atoms with van der Waals surface area (Å²) in [5.74, 6) is 0.436. The molecule has 0 bridgehead atoms. The van der Waals surface area contributed by atoms with Crippen molar-refractivity contribution in [2.75, 3.05) is 16.8 Å². The van der Waals surface area contributed by atoms with E-state index in [1.54, 1.807) is 36.6 Å². The van der Waals surface area contributed by atoms with Crippen LogP contribution in [0.2, 0.25) is 0 Å². The first-order valence-corrected chi connectivity index (χ1v) is 9.67. The van der Waals surface area contributed by atoms with E-state index in [9.17, 15) is 9.59 Å². The lowest BCUT2D eigenvalue weighted by molar-refractivity contribution is -0.117. The maximum Gasteiger partial charge on any atom is 0.253 e. The van der Waals surface area contributed by atoms with E-state index in [-0.39, 0.29) is 24.4 Å². The molecule has 1 aromatic heterocycles. The van der Waals surface area contributed by atoms with Gasteiger partial charge in [0.05, 0.1) is 24.9 Å². The summed E-state index contributed by atoms with van der Waals surface area (Å²) in [6.45, 7) is 2.47. The number of carbonyl (C=O) groups excluding carboxylic acids is 2. The van der Waals surface area contributed by atoms with Gasteiger partial charge in [0.25, 0.3) is 5.91 Å². The highest BCUT2D eigenvalue weighted by molar-refractivity contribution is 6.02. The van der Waals surface area contributed by atoms with Gasteiger partial charge in [-0.3, -0.25) is 9.59 Å². The van der Waals surface area contributed by atoms with Gasteiger partial charge in [-0.1, -0.05) is 30.3 Å². The number of para-hydroxylation sites is 2. The molecule has 4 rings (SSSR count). The number of furan rings is 1. The van der Waals surface area contributed by atoms with Crippen LogP contribution in [0.4, 0.5) is 11.4 Å². The quantitative estimate of drug-likeness (QED) is 0.676.